The van der Waals surface area contributed by atoms with Gasteiger partial charge in [0.25, 0.3) is 0 Å². The van der Waals surface area contributed by atoms with E-state index in [1.165, 1.54) is 0 Å². The number of esters is 1. The standard InChI is InChI=1S/C23H33N5O4.C2HF3O2.BF4/c1-17(2)13-20(23(31)32-12-11-28-10-9-27(3)16-28)26-22(30)19(25-21(29)15-24)14-18-7-5-4-6-8-18;3-2(4,5)1(6)7;2-1(3,4)5/h4-10,16-17,19-20H,11-15,24H2,1-3H3,(H-,25,26,29,30);(H,6,7);/q;;-1/p+1/t19-,20-;;/m0../s1. The topological polar surface area (TPSA) is 157 Å². The Labute approximate surface area is 248 Å². The molecule has 1 aromatic carbocycles. The van der Waals surface area contributed by atoms with E-state index < -0.39 is 49.3 Å². The van der Waals surface area contributed by atoms with Crippen LogP contribution in [-0.2, 0) is 43.9 Å². The zero-order valence-corrected chi connectivity index (χ0v) is 24.1. The molecule has 1 heterocycles. The normalized spacial score (nSPS) is 12.5. The number of amides is 2. The highest BCUT2D eigenvalue weighted by Gasteiger charge is 2.38. The van der Waals surface area contributed by atoms with E-state index in [4.69, 9.17) is 20.4 Å². The lowest BCUT2D eigenvalue weighted by atomic mass is 10.0. The lowest BCUT2D eigenvalue weighted by Gasteiger charge is -2.23. The highest BCUT2D eigenvalue weighted by atomic mass is 19.5. The van der Waals surface area contributed by atoms with Gasteiger partial charge in [0.2, 0.25) is 18.1 Å². The van der Waals surface area contributed by atoms with Gasteiger partial charge in [-0.1, -0.05) is 44.2 Å². The van der Waals surface area contributed by atoms with Crippen molar-refractivity contribution in [3.8, 4) is 0 Å². The fraction of sp³-hybridized carbons (Fsp3) is 0.480. The van der Waals surface area contributed by atoms with Gasteiger partial charge < -0.3 is 43.5 Å². The van der Waals surface area contributed by atoms with Crippen molar-refractivity contribution >= 4 is 31.0 Å². The minimum atomic E-state index is -6.00. The fourth-order valence-electron chi connectivity index (χ4n) is 3.26. The number of imidazole rings is 1. The summed E-state index contributed by atoms with van der Waals surface area (Å²) in [6.07, 6.45) is 1.29. The molecule has 0 saturated heterocycles. The number of alkyl halides is 3. The molecule has 11 nitrogen and oxygen atoms in total. The molecule has 2 aromatic rings. The molecule has 2 amide bonds. The number of aryl methyl sites for hydroxylation is 1. The van der Waals surface area contributed by atoms with Crippen LogP contribution in [-0.4, -0.2) is 72.1 Å². The quantitative estimate of drug-likeness (QED) is 0.119. The number of hydrogen-bond donors (Lipinski definition) is 4. The molecule has 0 aliphatic rings. The van der Waals surface area contributed by atoms with Crippen molar-refractivity contribution in [2.45, 2.75) is 51.5 Å². The summed E-state index contributed by atoms with van der Waals surface area (Å²) in [5.41, 5.74) is 6.29. The zero-order valence-electron chi connectivity index (χ0n) is 24.1. The van der Waals surface area contributed by atoms with Gasteiger partial charge in [-0.15, -0.1) is 0 Å². The van der Waals surface area contributed by atoms with E-state index in [1.54, 1.807) is 0 Å². The van der Waals surface area contributed by atoms with E-state index in [0.29, 0.717) is 13.0 Å². The summed E-state index contributed by atoms with van der Waals surface area (Å²) < 4.78 is 80.0. The Balaban J connectivity index is 0.00000130. The number of rotatable bonds is 12. The SMILES string of the molecule is CC(C)C[C@H](NC(=O)[C@H](Cc1ccccc1)NC(=O)CN)C(=O)OCCn1cc[n+](C)c1.F[B-](F)(F)F.O=C(O)C(F)(F)F. The molecule has 0 bridgehead atoms. The van der Waals surface area contributed by atoms with Crippen molar-refractivity contribution in [2.24, 2.45) is 18.7 Å². The predicted molar refractivity (Wildman–Crippen MR) is 143 cm³/mol. The predicted octanol–water partition coefficient (Wildman–Crippen LogP) is 2.01. The second-order valence-corrected chi connectivity index (χ2v) is 9.49. The van der Waals surface area contributed by atoms with Crippen LogP contribution in [0.4, 0.5) is 30.4 Å². The van der Waals surface area contributed by atoms with E-state index in [1.807, 2.05) is 79.1 Å². The van der Waals surface area contributed by atoms with Gasteiger partial charge >= 0.3 is 25.4 Å². The monoisotopic (exact) mass is 645 g/mol. The molecule has 0 fully saturated rings. The summed E-state index contributed by atoms with van der Waals surface area (Å²) in [5, 5.41) is 12.5. The maximum absolute atomic E-state index is 13.0. The van der Waals surface area contributed by atoms with Gasteiger partial charge in [0, 0.05) is 6.42 Å². The number of carboxylic acid groups (broad SMARTS) is 1. The van der Waals surface area contributed by atoms with Crippen LogP contribution in [0.3, 0.4) is 0 Å². The number of carbonyl (C=O) groups is 4. The van der Waals surface area contributed by atoms with Crippen molar-refractivity contribution in [1.82, 2.24) is 15.2 Å². The van der Waals surface area contributed by atoms with Gasteiger partial charge in [0.05, 0.1) is 13.6 Å². The number of aliphatic carboxylic acids is 1. The molecule has 0 aliphatic heterocycles. The van der Waals surface area contributed by atoms with Gasteiger partial charge in [0.15, 0.2) is 0 Å². The zero-order chi connectivity index (χ0) is 34.1. The van der Waals surface area contributed by atoms with E-state index >= 15 is 0 Å². The highest BCUT2D eigenvalue weighted by Crippen LogP contribution is 2.13. The highest BCUT2D eigenvalue weighted by molar-refractivity contribution is 6.50. The summed E-state index contributed by atoms with van der Waals surface area (Å²) in [6.45, 7) is 4.40. The second kappa shape index (κ2) is 19.2. The molecular weight excluding hydrogens is 610 g/mol. The molecule has 0 aliphatic carbocycles. The lowest BCUT2D eigenvalue weighted by molar-refractivity contribution is -0.671. The van der Waals surface area contributed by atoms with Crippen molar-refractivity contribution in [1.29, 1.82) is 0 Å². The molecule has 44 heavy (non-hydrogen) atoms. The van der Waals surface area contributed by atoms with Crippen LogP contribution in [0.1, 0.15) is 25.8 Å². The number of aromatic nitrogens is 2. The second-order valence-electron chi connectivity index (χ2n) is 9.49. The van der Waals surface area contributed by atoms with Crippen LogP contribution in [0, 0.1) is 5.92 Å². The molecule has 0 radical (unpaired) electrons. The average Bonchev–Trinajstić information content (AvgIpc) is 3.31. The van der Waals surface area contributed by atoms with Crippen molar-refractivity contribution in [3.05, 3.63) is 54.6 Å². The Hall–Kier alpha value is -4.16. The smallest absolute Gasteiger partial charge is 0.475 e. The van der Waals surface area contributed by atoms with Gasteiger partial charge in [0.1, 0.15) is 37.6 Å². The van der Waals surface area contributed by atoms with Crippen molar-refractivity contribution in [3.63, 3.8) is 0 Å². The summed E-state index contributed by atoms with van der Waals surface area (Å²) in [5.74, 6) is -3.98. The third-order valence-electron chi connectivity index (χ3n) is 5.09. The number of halogens is 7. The van der Waals surface area contributed by atoms with Gasteiger partial charge in [-0.2, -0.15) is 13.2 Å². The summed E-state index contributed by atoms with van der Waals surface area (Å²) >= 11 is 0. The first kappa shape index (κ1) is 39.8. The first-order valence-electron chi connectivity index (χ1n) is 12.9. The Bertz CT molecular complexity index is 1170. The van der Waals surface area contributed by atoms with E-state index in [9.17, 15) is 44.8 Å². The average molecular weight is 645 g/mol. The molecular formula is C25H35BF7N5O6. The largest absolute Gasteiger partial charge is 0.673 e. The van der Waals surface area contributed by atoms with Crippen LogP contribution < -0.4 is 20.9 Å². The fourth-order valence-corrected chi connectivity index (χ4v) is 3.26. The Morgan fingerprint density at radius 1 is 1.05 bits per heavy atom. The molecule has 19 heteroatoms. The Morgan fingerprint density at radius 2 is 1.59 bits per heavy atom. The maximum atomic E-state index is 13.0. The number of hydrogen-bond acceptors (Lipinski definition) is 6. The molecule has 1 aromatic heterocycles. The van der Waals surface area contributed by atoms with Gasteiger partial charge in [-0.3, -0.25) is 9.59 Å². The van der Waals surface area contributed by atoms with Crippen molar-refractivity contribution < 1.29 is 64.0 Å². The molecule has 5 N–H and O–H groups in total. The Morgan fingerprint density at radius 3 is 2.02 bits per heavy atom. The Kier molecular flexibility index (Phi) is 17.4. The number of benzene rings is 1. The number of nitrogens with zero attached hydrogens (tertiary/aromatic N) is 2. The third-order valence-corrected chi connectivity index (χ3v) is 5.09. The molecule has 2 atom stereocenters. The molecule has 248 valence electrons. The number of carboxylic acids is 1. The van der Waals surface area contributed by atoms with Crippen LogP contribution in [0.25, 0.3) is 0 Å². The van der Waals surface area contributed by atoms with Crippen LogP contribution in [0.5, 0.6) is 0 Å². The lowest BCUT2D eigenvalue weighted by Crippen LogP contribution is -2.54. The molecule has 0 spiro atoms. The number of carbonyl (C=O) groups excluding carboxylic acids is 3. The maximum Gasteiger partial charge on any atom is 0.673 e. The molecule has 0 saturated carbocycles. The minimum absolute atomic E-state index is 0.155. The first-order chi connectivity index (χ1) is 20.2. The first-order valence-corrected chi connectivity index (χ1v) is 12.9. The number of nitrogens with two attached hydrogens (primary N) is 1. The summed E-state index contributed by atoms with van der Waals surface area (Å²) in [7, 11) is -4.09. The van der Waals surface area contributed by atoms with E-state index in [0.717, 1.165) is 5.56 Å². The van der Waals surface area contributed by atoms with E-state index in [2.05, 4.69) is 10.6 Å². The number of ether oxygens (including phenoxy) is 1. The number of nitrogens with one attached hydrogen (secondary N) is 2. The molecule has 0 unspecified atom stereocenters. The van der Waals surface area contributed by atoms with Crippen LogP contribution >= 0.6 is 0 Å². The summed E-state index contributed by atoms with van der Waals surface area (Å²) in [4.78, 5) is 46.5. The summed E-state index contributed by atoms with van der Waals surface area (Å²) in [6, 6.07) is 7.68. The van der Waals surface area contributed by atoms with Crippen LogP contribution in [0.2, 0.25) is 0 Å². The van der Waals surface area contributed by atoms with Gasteiger partial charge in [-0.05, 0) is 17.9 Å². The van der Waals surface area contributed by atoms with Crippen LogP contribution in [0.15, 0.2) is 49.1 Å². The third kappa shape index (κ3) is 19.9. The molecule has 2 rings (SSSR count). The van der Waals surface area contributed by atoms with Gasteiger partial charge in [-0.25, -0.2) is 18.7 Å². The van der Waals surface area contributed by atoms with Crippen molar-refractivity contribution in [2.75, 3.05) is 13.2 Å². The minimum Gasteiger partial charge on any atom is -0.475 e. The van der Waals surface area contributed by atoms with E-state index in [-0.39, 0.29) is 25.5 Å².